The van der Waals surface area contributed by atoms with Crippen LogP contribution in [0.3, 0.4) is 0 Å². The largest absolute Gasteiger partial charge is 0.507 e. The lowest BCUT2D eigenvalue weighted by molar-refractivity contribution is -0.132. The van der Waals surface area contributed by atoms with Crippen LogP contribution in [-0.4, -0.2) is 27.9 Å². The van der Waals surface area contributed by atoms with E-state index >= 15 is 0 Å². The van der Waals surface area contributed by atoms with Gasteiger partial charge in [-0.3, -0.25) is 19.5 Å². The molecule has 1 fully saturated rings. The molecule has 1 atom stereocenters. The van der Waals surface area contributed by atoms with E-state index in [1.165, 1.54) is 4.90 Å². The first kappa shape index (κ1) is 21.3. The third-order valence-corrected chi connectivity index (χ3v) is 5.25. The molecule has 1 aromatic heterocycles. The molecule has 0 saturated carbocycles. The van der Waals surface area contributed by atoms with Crippen LogP contribution in [0.15, 0.2) is 78.6 Å². The summed E-state index contributed by atoms with van der Waals surface area (Å²) < 4.78 is 5.66. The van der Waals surface area contributed by atoms with Crippen molar-refractivity contribution in [3.8, 4) is 5.75 Å². The third-order valence-electron chi connectivity index (χ3n) is 5.25. The highest BCUT2D eigenvalue weighted by atomic mass is 16.5. The first-order chi connectivity index (χ1) is 15.4. The zero-order valence-corrected chi connectivity index (χ0v) is 18.1. The summed E-state index contributed by atoms with van der Waals surface area (Å²) in [5.74, 6) is -0.981. The van der Waals surface area contributed by atoms with Crippen LogP contribution in [0.4, 0.5) is 5.69 Å². The third kappa shape index (κ3) is 3.99. The number of ether oxygens (including phenoxy) is 1. The summed E-state index contributed by atoms with van der Waals surface area (Å²) in [4.78, 5) is 31.7. The zero-order valence-electron chi connectivity index (χ0n) is 18.1. The van der Waals surface area contributed by atoms with Crippen molar-refractivity contribution in [3.05, 3.63) is 95.3 Å². The number of anilines is 1. The van der Waals surface area contributed by atoms with E-state index in [2.05, 4.69) is 4.98 Å². The molecule has 0 bridgehead atoms. The Morgan fingerprint density at radius 1 is 1.03 bits per heavy atom. The van der Waals surface area contributed by atoms with Crippen LogP contribution < -0.4 is 9.64 Å². The lowest BCUT2D eigenvalue weighted by Crippen LogP contribution is -2.29. The molecule has 1 unspecified atom stereocenters. The fraction of sp³-hybridized carbons (Fsp3) is 0.192. The van der Waals surface area contributed by atoms with Crippen molar-refractivity contribution in [2.75, 3.05) is 4.90 Å². The van der Waals surface area contributed by atoms with Crippen molar-refractivity contribution < 1.29 is 19.4 Å². The maximum absolute atomic E-state index is 13.1. The number of ketones is 1. The lowest BCUT2D eigenvalue weighted by atomic mass is 9.95. The van der Waals surface area contributed by atoms with E-state index in [0.29, 0.717) is 22.6 Å². The molecule has 0 aliphatic carbocycles. The van der Waals surface area contributed by atoms with Gasteiger partial charge in [-0.05, 0) is 80.4 Å². The van der Waals surface area contributed by atoms with Gasteiger partial charge in [0.25, 0.3) is 11.7 Å². The van der Waals surface area contributed by atoms with Gasteiger partial charge in [0.1, 0.15) is 11.5 Å². The number of benzene rings is 2. The second-order valence-corrected chi connectivity index (χ2v) is 7.98. The van der Waals surface area contributed by atoms with Crippen LogP contribution in [0.5, 0.6) is 5.75 Å². The summed E-state index contributed by atoms with van der Waals surface area (Å²) in [6.45, 7) is 5.77. The van der Waals surface area contributed by atoms with Crippen LogP contribution in [0.1, 0.15) is 36.6 Å². The molecule has 162 valence electrons. The van der Waals surface area contributed by atoms with Gasteiger partial charge in [0.2, 0.25) is 0 Å². The molecule has 32 heavy (non-hydrogen) atoms. The number of carbonyl (C=O) groups excluding carboxylic acids is 2. The van der Waals surface area contributed by atoms with E-state index in [0.717, 1.165) is 5.56 Å². The number of aliphatic hydroxyl groups excluding tert-OH is 1. The van der Waals surface area contributed by atoms with E-state index in [9.17, 15) is 14.7 Å². The Balaban J connectivity index is 1.85. The number of amides is 1. The number of hydrogen-bond donors (Lipinski definition) is 1. The normalized spacial score (nSPS) is 17.8. The van der Waals surface area contributed by atoms with Crippen molar-refractivity contribution in [2.45, 2.75) is 32.9 Å². The molecular weight excluding hydrogens is 404 g/mol. The number of aliphatic hydroxyl groups is 1. The molecule has 4 rings (SSSR count). The predicted octanol–water partition coefficient (Wildman–Crippen LogP) is 4.80. The van der Waals surface area contributed by atoms with Crippen molar-refractivity contribution >= 4 is 23.1 Å². The molecule has 1 N–H and O–H groups in total. The van der Waals surface area contributed by atoms with Crippen molar-refractivity contribution in [3.63, 3.8) is 0 Å². The minimum absolute atomic E-state index is 0.0146. The fourth-order valence-electron chi connectivity index (χ4n) is 3.86. The molecule has 6 heteroatoms. The smallest absolute Gasteiger partial charge is 0.300 e. The van der Waals surface area contributed by atoms with E-state index in [4.69, 9.17) is 4.74 Å². The standard InChI is InChI=1S/C26H24N2O4/c1-16(2)32-21-9-7-19(8-10-21)24(29)22-23(18-11-13-27-14-12-18)28(26(31)25(22)30)20-6-4-5-17(3)15-20/h4-16,23,29H,1-3H3/b24-22+. The monoisotopic (exact) mass is 428 g/mol. The first-order valence-electron chi connectivity index (χ1n) is 10.4. The van der Waals surface area contributed by atoms with Crippen LogP contribution in [0.25, 0.3) is 5.76 Å². The first-order valence-corrected chi connectivity index (χ1v) is 10.4. The minimum atomic E-state index is -0.772. The molecule has 2 heterocycles. The van der Waals surface area contributed by atoms with E-state index in [-0.39, 0.29) is 17.4 Å². The number of carbonyl (C=O) groups is 2. The fourth-order valence-corrected chi connectivity index (χ4v) is 3.86. The van der Waals surface area contributed by atoms with Crippen LogP contribution in [0, 0.1) is 6.92 Å². The van der Waals surface area contributed by atoms with Crippen LogP contribution in [-0.2, 0) is 9.59 Å². The maximum Gasteiger partial charge on any atom is 0.300 e. The Kier molecular flexibility index (Phi) is 5.77. The summed E-state index contributed by atoms with van der Waals surface area (Å²) in [7, 11) is 0. The quantitative estimate of drug-likeness (QED) is 0.359. The topological polar surface area (TPSA) is 79.7 Å². The SMILES string of the molecule is Cc1cccc(N2C(=O)C(=O)/C(=C(/O)c3ccc(OC(C)C)cc3)C2c2ccncc2)c1. The molecule has 1 aliphatic heterocycles. The second-order valence-electron chi connectivity index (χ2n) is 7.98. The number of rotatable bonds is 5. The average Bonchev–Trinajstić information content (AvgIpc) is 3.05. The number of pyridine rings is 1. The summed E-state index contributed by atoms with van der Waals surface area (Å²) >= 11 is 0. The maximum atomic E-state index is 13.1. The predicted molar refractivity (Wildman–Crippen MR) is 122 cm³/mol. The van der Waals surface area contributed by atoms with Gasteiger partial charge in [-0.25, -0.2) is 0 Å². The number of nitrogens with zero attached hydrogens (tertiary/aromatic N) is 2. The Morgan fingerprint density at radius 3 is 2.34 bits per heavy atom. The summed E-state index contributed by atoms with van der Waals surface area (Å²) in [6.07, 6.45) is 3.22. The van der Waals surface area contributed by atoms with Gasteiger partial charge in [0.15, 0.2) is 0 Å². The van der Waals surface area contributed by atoms with Crippen molar-refractivity contribution in [1.82, 2.24) is 4.98 Å². The van der Waals surface area contributed by atoms with Gasteiger partial charge < -0.3 is 9.84 Å². The average molecular weight is 428 g/mol. The van der Waals surface area contributed by atoms with Gasteiger partial charge >= 0.3 is 0 Å². The molecule has 2 aromatic carbocycles. The van der Waals surface area contributed by atoms with Gasteiger partial charge in [-0.2, -0.15) is 0 Å². The van der Waals surface area contributed by atoms with Crippen LogP contribution in [0.2, 0.25) is 0 Å². The van der Waals surface area contributed by atoms with Gasteiger partial charge in [0, 0.05) is 23.6 Å². The molecule has 1 aliphatic rings. The Morgan fingerprint density at radius 2 is 1.72 bits per heavy atom. The lowest BCUT2D eigenvalue weighted by Gasteiger charge is -2.25. The van der Waals surface area contributed by atoms with Crippen molar-refractivity contribution in [1.29, 1.82) is 0 Å². The summed E-state index contributed by atoms with van der Waals surface area (Å²) in [6, 6.07) is 16.9. The zero-order chi connectivity index (χ0) is 22.8. The molecule has 0 radical (unpaired) electrons. The molecule has 3 aromatic rings. The molecule has 1 amide bonds. The number of aryl methyl sites for hydroxylation is 1. The van der Waals surface area contributed by atoms with E-state index in [1.807, 2.05) is 39.0 Å². The molecule has 6 nitrogen and oxygen atoms in total. The highest BCUT2D eigenvalue weighted by Crippen LogP contribution is 2.42. The highest BCUT2D eigenvalue weighted by Gasteiger charge is 2.46. The highest BCUT2D eigenvalue weighted by molar-refractivity contribution is 6.51. The van der Waals surface area contributed by atoms with Gasteiger partial charge in [-0.15, -0.1) is 0 Å². The number of Topliss-reactive ketones (excluding diaryl/α,β-unsaturated/α-hetero) is 1. The number of aromatic nitrogens is 1. The van der Waals surface area contributed by atoms with E-state index in [1.54, 1.807) is 54.9 Å². The molecular formula is C26H24N2O4. The summed E-state index contributed by atoms with van der Waals surface area (Å²) in [5, 5.41) is 11.2. The van der Waals surface area contributed by atoms with Crippen molar-refractivity contribution in [2.24, 2.45) is 0 Å². The Labute approximate surface area is 186 Å². The van der Waals surface area contributed by atoms with Crippen LogP contribution >= 0.6 is 0 Å². The molecule has 1 saturated heterocycles. The Bertz CT molecular complexity index is 1180. The van der Waals surface area contributed by atoms with Gasteiger partial charge in [0.05, 0.1) is 17.7 Å². The summed E-state index contributed by atoms with van der Waals surface area (Å²) in [5.41, 5.74) is 2.71. The number of hydrogen-bond acceptors (Lipinski definition) is 5. The van der Waals surface area contributed by atoms with E-state index < -0.39 is 17.7 Å². The Hall–Kier alpha value is -3.93. The molecule has 0 spiro atoms. The van der Waals surface area contributed by atoms with Gasteiger partial charge in [-0.1, -0.05) is 12.1 Å². The minimum Gasteiger partial charge on any atom is -0.507 e. The second kappa shape index (κ2) is 8.67.